The van der Waals surface area contributed by atoms with Crippen molar-refractivity contribution in [3.05, 3.63) is 59.2 Å². The van der Waals surface area contributed by atoms with Crippen molar-refractivity contribution >= 4 is 21.7 Å². The van der Waals surface area contributed by atoms with Crippen LogP contribution in [0.4, 0.5) is 5.69 Å². The Morgan fingerprint density at radius 1 is 0.963 bits per heavy atom. The molecule has 2 aromatic carbocycles. The molecule has 0 N–H and O–H groups in total. The van der Waals surface area contributed by atoms with E-state index < -0.39 is 16.0 Å². The van der Waals surface area contributed by atoms with Gasteiger partial charge in [0.1, 0.15) is 0 Å². The van der Waals surface area contributed by atoms with Crippen LogP contribution in [0.25, 0.3) is 0 Å². The molecule has 1 aliphatic heterocycles. The third-order valence-electron chi connectivity index (χ3n) is 5.07. The van der Waals surface area contributed by atoms with E-state index in [9.17, 15) is 13.2 Å². The lowest BCUT2D eigenvalue weighted by Crippen LogP contribution is -2.49. The average molecular weight is 388 g/mol. The smallest absolute Gasteiger partial charge is 0.339 e. The van der Waals surface area contributed by atoms with Gasteiger partial charge in [0, 0.05) is 31.9 Å². The Morgan fingerprint density at radius 2 is 1.63 bits per heavy atom. The van der Waals surface area contributed by atoms with Gasteiger partial charge in [-0.05, 0) is 43.2 Å². The van der Waals surface area contributed by atoms with Crippen LogP contribution in [0.1, 0.15) is 21.5 Å². The monoisotopic (exact) mass is 388 g/mol. The van der Waals surface area contributed by atoms with E-state index in [-0.39, 0.29) is 10.5 Å². The largest absolute Gasteiger partial charge is 0.465 e. The fourth-order valence-electron chi connectivity index (χ4n) is 3.36. The number of benzene rings is 2. The molecule has 0 aliphatic carbocycles. The molecule has 1 heterocycles. The van der Waals surface area contributed by atoms with Gasteiger partial charge in [-0.1, -0.05) is 24.3 Å². The molecule has 144 valence electrons. The number of carbonyl (C=O) groups excluding carboxylic acids is 1. The fourth-order valence-corrected chi connectivity index (χ4v) is 4.96. The van der Waals surface area contributed by atoms with Crippen molar-refractivity contribution in [3.63, 3.8) is 0 Å². The highest BCUT2D eigenvalue weighted by Crippen LogP contribution is 2.26. The molecule has 0 amide bonds. The molecule has 1 fully saturated rings. The summed E-state index contributed by atoms with van der Waals surface area (Å²) < 4.78 is 32.4. The summed E-state index contributed by atoms with van der Waals surface area (Å²) in [5.74, 6) is -0.650. The Bertz CT molecular complexity index is 948. The average Bonchev–Trinajstić information content (AvgIpc) is 2.69. The predicted octanol–water partition coefficient (Wildman–Crippen LogP) is 2.60. The van der Waals surface area contributed by atoms with Crippen LogP contribution in [0.15, 0.2) is 47.4 Å². The molecule has 0 unspecified atom stereocenters. The lowest BCUT2D eigenvalue weighted by Gasteiger charge is -2.36. The summed E-state index contributed by atoms with van der Waals surface area (Å²) in [4.78, 5) is 14.2. The Balaban J connectivity index is 1.82. The highest BCUT2D eigenvalue weighted by molar-refractivity contribution is 7.89. The molecule has 0 spiro atoms. The number of nitrogens with zero attached hydrogens (tertiary/aromatic N) is 2. The van der Waals surface area contributed by atoms with Crippen LogP contribution in [-0.4, -0.2) is 52.0 Å². The number of ether oxygens (including phenoxy) is 1. The fraction of sp³-hybridized carbons (Fsp3) is 0.350. The zero-order valence-electron chi connectivity index (χ0n) is 15.8. The number of esters is 1. The Kier molecular flexibility index (Phi) is 5.53. The molecule has 2 aromatic rings. The lowest BCUT2D eigenvalue weighted by molar-refractivity contribution is 0.0596. The second-order valence-electron chi connectivity index (χ2n) is 6.60. The number of aryl methyl sites for hydroxylation is 1. The molecule has 6 nitrogen and oxygen atoms in total. The third-order valence-corrected chi connectivity index (χ3v) is 7.02. The van der Waals surface area contributed by atoms with Gasteiger partial charge in [-0.25, -0.2) is 13.2 Å². The minimum atomic E-state index is -3.77. The Labute approximate surface area is 160 Å². The maximum atomic E-state index is 13.1. The first kappa shape index (κ1) is 19.4. The van der Waals surface area contributed by atoms with Gasteiger partial charge in [-0.3, -0.25) is 0 Å². The molecule has 27 heavy (non-hydrogen) atoms. The van der Waals surface area contributed by atoms with E-state index in [1.807, 2.05) is 6.07 Å². The molecular formula is C20H24N2O4S. The number of piperazine rings is 1. The summed E-state index contributed by atoms with van der Waals surface area (Å²) in [6.07, 6.45) is 0. The highest BCUT2D eigenvalue weighted by Gasteiger charge is 2.32. The molecule has 7 heteroatoms. The highest BCUT2D eigenvalue weighted by atomic mass is 32.2. The number of sulfonamides is 1. The van der Waals surface area contributed by atoms with Gasteiger partial charge in [0.2, 0.25) is 10.0 Å². The molecule has 0 atom stereocenters. The van der Waals surface area contributed by atoms with Gasteiger partial charge >= 0.3 is 5.97 Å². The number of rotatable bonds is 4. The second kappa shape index (κ2) is 7.70. The van der Waals surface area contributed by atoms with Gasteiger partial charge in [-0.15, -0.1) is 0 Å². The molecule has 0 saturated carbocycles. The minimum absolute atomic E-state index is 0.00274. The first-order chi connectivity index (χ1) is 12.9. The van der Waals surface area contributed by atoms with Crippen LogP contribution in [0, 0.1) is 13.8 Å². The number of hydrogen-bond acceptors (Lipinski definition) is 5. The van der Waals surface area contributed by atoms with Crippen molar-refractivity contribution in [2.45, 2.75) is 18.7 Å². The van der Waals surface area contributed by atoms with Crippen molar-refractivity contribution in [2.24, 2.45) is 0 Å². The van der Waals surface area contributed by atoms with Gasteiger partial charge in [-0.2, -0.15) is 4.31 Å². The van der Waals surface area contributed by atoms with Crippen molar-refractivity contribution in [1.82, 2.24) is 4.31 Å². The molecule has 0 radical (unpaired) electrons. The van der Waals surface area contributed by atoms with Crippen molar-refractivity contribution in [3.8, 4) is 0 Å². The van der Waals surface area contributed by atoms with Crippen LogP contribution in [0.5, 0.6) is 0 Å². The van der Waals surface area contributed by atoms with Crippen LogP contribution in [0.3, 0.4) is 0 Å². The van der Waals surface area contributed by atoms with Gasteiger partial charge in [0.05, 0.1) is 17.6 Å². The molecular weight excluding hydrogens is 364 g/mol. The van der Waals surface area contributed by atoms with Gasteiger partial charge in [0.25, 0.3) is 0 Å². The molecule has 0 bridgehead atoms. The topological polar surface area (TPSA) is 66.9 Å². The normalized spacial score (nSPS) is 15.6. The van der Waals surface area contributed by atoms with Gasteiger partial charge in [0.15, 0.2) is 0 Å². The summed E-state index contributed by atoms with van der Waals surface area (Å²) >= 11 is 0. The third kappa shape index (κ3) is 3.70. The molecule has 0 aromatic heterocycles. The Morgan fingerprint density at radius 3 is 2.30 bits per heavy atom. The SMILES string of the molecule is COC(=O)c1ccccc1S(=O)(=O)N1CCN(c2cccc(C)c2C)CC1. The Hall–Kier alpha value is -2.38. The van der Waals surface area contributed by atoms with E-state index in [2.05, 4.69) is 30.9 Å². The lowest BCUT2D eigenvalue weighted by atomic mass is 10.1. The number of hydrogen-bond donors (Lipinski definition) is 0. The number of methoxy groups -OCH3 is 1. The predicted molar refractivity (Wildman–Crippen MR) is 105 cm³/mol. The zero-order chi connectivity index (χ0) is 19.6. The van der Waals surface area contributed by atoms with E-state index >= 15 is 0 Å². The first-order valence-electron chi connectivity index (χ1n) is 8.85. The van der Waals surface area contributed by atoms with E-state index in [1.165, 1.54) is 34.7 Å². The van der Waals surface area contributed by atoms with E-state index in [1.54, 1.807) is 12.1 Å². The van der Waals surface area contributed by atoms with Crippen LogP contribution >= 0.6 is 0 Å². The summed E-state index contributed by atoms with van der Waals surface area (Å²) in [6, 6.07) is 12.3. The summed E-state index contributed by atoms with van der Waals surface area (Å²) in [5.41, 5.74) is 3.64. The van der Waals surface area contributed by atoms with Crippen molar-refractivity contribution in [2.75, 3.05) is 38.2 Å². The standard InChI is InChI=1S/C20H24N2O4S/c1-15-7-6-9-18(16(15)2)21-11-13-22(14-12-21)27(24,25)19-10-5-4-8-17(19)20(23)26-3/h4-10H,11-14H2,1-3H3. The second-order valence-corrected chi connectivity index (χ2v) is 8.50. The molecule has 1 saturated heterocycles. The van der Waals surface area contributed by atoms with E-state index in [0.29, 0.717) is 26.2 Å². The minimum Gasteiger partial charge on any atom is -0.465 e. The molecule has 1 aliphatic rings. The van der Waals surface area contributed by atoms with Crippen molar-refractivity contribution in [1.29, 1.82) is 0 Å². The zero-order valence-corrected chi connectivity index (χ0v) is 16.6. The van der Waals surface area contributed by atoms with Crippen molar-refractivity contribution < 1.29 is 17.9 Å². The van der Waals surface area contributed by atoms with Crippen LogP contribution < -0.4 is 4.90 Å². The van der Waals surface area contributed by atoms with Gasteiger partial charge < -0.3 is 9.64 Å². The quantitative estimate of drug-likeness (QED) is 0.753. The van der Waals surface area contributed by atoms with Crippen LogP contribution in [0.2, 0.25) is 0 Å². The maximum absolute atomic E-state index is 13.1. The van der Waals surface area contributed by atoms with E-state index in [4.69, 9.17) is 4.74 Å². The summed E-state index contributed by atoms with van der Waals surface area (Å²) in [6.45, 7) is 6.09. The maximum Gasteiger partial charge on any atom is 0.339 e. The summed E-state index contributed by atoms with van der Waals surface area (Å²) in [5, 5.41) is 0. The number of carbonyl (C=O) groups is 1. The van der Waals surface area contributed by atoms with E-state index in [0.717, 1.165) is 5.69 Å². The molecule has 3 rings (SSSR count). The van der Waals surface area contributed by atoms with Crippen LogP contribution in [-0.2, 0) is 14.8 Å². The first-order valence-corrected chi connectivity index (χ1v) is 10.3. The number of anilines is 1. The summed E-state index contributed by atoms with van der Waals surface area (Å²) in [7, 11) is -2.52.